The quantitative estimate of drug-likeness (QED) is 0.741. The fourth-order valence-electron chi connectivity index (χ4n) is 2.28. The van der Waals surface area contributed by atoms with E-state index in [2.05, 4.69) is 15.9 Å². The molecule has 2 rings (SSSR count). The van der Waals surface area contributed by atoms with Gasteiger partial charge in [-0.25, -0.2) is 0 Å². The fraction of sp³-hybridized carbons (Fsp3) is 0.533. The molecule has 1 aromatic rings. The molecule has 0 N–H and O–H groups in total. The number of benzene rings is 1. The van der Waals surface area contributed by atoms with Crippen molar-refractivity contribution in [3.63, 3.8) is 0 Å². The molecule has 1 fully saturated rings. The zero-order valence-electron chi connectivity index (χ0n) is 11.2. The van der Waals surface area contributed by atoms with E-state index in [1.165, 1.54) is 0 Å². The number of rotatable bonds is 6. The van der Waals surface area contributed by atoms with Crippen molar-refractivity contribution in [1.82, 2.24) is 0 Å². The van der Waals surface area contributed by atoms with Gasteiger partial charge in [0.1, 0.15) is 5.75 Å². The Balaban J connectivity index is 1.94. The Hall–Kier alpha value is -0.870. The van der Waals surface area contributed by atoms with Gasteiger partial charge in [-0.3, -0.25) is 4.79 Å². The minimum Gasteiger partial charge on any atom is -0.494 e. The molecule has 4 heteroatoms. The molecule has 1 unspecified atom stereocenters. The van der Waals surface area contributed by atoms with E-state index in [-0.39, 0.29) is 11.9 Å². The molecule has 0 bridgehead atoms. The van der Waals surface area contributed by atoms with Crippen LogP contribution in [-0.2, 0) is 4.74 Å². The molecule has 1 aliphatic rings. The summed E-state index contributed by atoms with van der Waals surface area (Å²) in [6.07, 6.45) is 3.82. The number of hydrogen-bond donors (Lipinski definition) is 0. The molecule has 19 heavy (non-hydrogen) atoms. The summed E-state index contributed by atoms with van der Waals surface area (Å²) in [5.41, 5.74) is 0.724. The van der Waals surface area contributed by atoms with Crippen molar-refractivity contribution < 1.29 is 14.3 Å². The van der Waals surface area contributed by atoms with Crippen molar-refractivity contribution in [3.05, 3.63) is 28.2 Å². The standard InChI is InChI=1S/C15H19BrO3/c1-2-18-12-5-7-13(14(16)10-12)15(17)8-6-11-4-3-9-19-11/h5,7,10-11H,2-4,6,8-9H2,1H3. The van der Waals surface area contributed by atoms with Crippen LogP contribution >= 0.6 is 15.9 Å². The van der Waals surface area contributed by atoms with Crippen LogP contribution in [0.1, 0.15) is 43.0 Å². The largest absolute Gasteiger partial charge is 0.494 e. The lowest BCUT2D eigenvalue weighted by atomic mass is 10.0. The lowest BCUT2D eigenvalue weighted by Gasteiger charge is -2.10. The average molecular weight is 327 g/mol. The minimum absolute atomic E-state index is 0.158. The highest BCUT2D eigenvalue weighted by Crippen LogP contribution is 2.25. The molecule has 0 aromatic heterocycles. The van der Waals surface area contributed by atoms with Gasteiger partial charge >= 0.3 is 0 Å². The monoisotopic (exact) mass is 326 g/mol. The molecule has 1 saturated heterocycles. The van der Waals surface area contributed by atoms with Gasteiger partial charge in [0.2, 0.25) is 0 Å². The SMILES string of the molecule is CCOc1ccc(C(=O)CCC2CCCO2)c(Br)c1. The van der Waals surface area contributed by atoms with Gasteiger partial charge in [-0.05, 0) is 60.3 Å². The molecule has 0 radical (unpaired) electrons. The van der Waals surface area contributed by atoms with E-state index >= 15 is 0 Å². The zero-order valence-corrected chi connectivity index (χ0v) is 12.7. The summed E-state index contributed by atoms with van der Waals surface area (Å²) in [5.74, 6) is 0.940. The van der Waals surface area contributed by atoms with Crippen molar-refractivity contribution in [2.75, 3.05) is 13.2 Å². The number of carbonyl (C=O) groups excluding carboxylic acids is 1. The van der Waals surface area contributed by atoms with E-state index in [0.29, 0.717) is 13.0 Å². The van der Waals surface area contributed by atoms with Gasteiger partial charge in [-0.1, -0.05) is 0 Å². The maximum atomic E-state index is 12.2. The van der Waals surface area contributed by atoms with Crippen LogP contribution in [0.4, 0.5) is 0 Å². The molecule has 1 aromatic carbocycles. The molecule has 1 heterocycles. The molecule has 0 aliphatic carbocycles. The zero-order chi connectivity index (χ0) is 13.7. The highest BCUT2D eigenvalue weighted by molar-refractivity contribution is 9.10. The summed E-state index contributed by atoms with van der Waals surface area (Å²) in [6.45, 7) is 3.40. The number of carbonyl (C=O) groups is 1. The summed E-state index contributed by atoms with van der Waals surface area (Å²) in [4.78, 5) is 12.2. The Bertz CT molecular complexity index is 439. The van der Waals surface area contributed by atoms with Crippen molar-refractivity contribution in [2.45, 2.75) is 38.7 Å². The first-order valence-electron chi connectivity index (χ1n) is 6.78. The third-order valence-corrected chi connectivity index (χ3v) is 3.93. The second-order valence-electron chi connectivity index (χ2n) is 4.67. The number of hydrogen-bond acceptors (Lipinski definition) is 3. The van der Waals surface area contributed by atoms with Gasteiger partial charge in [-0.2, -0.15) is 0 Å². The summed E-state index contributed by atoms with van der Waals surface area (Å²) in [7, 11) is 0. The first-order chi connectivity index (χ1) is 9.20. The molecule has 3 nitrogen and oxygen atoms in total. The molecular formula is C15H19BrO3. The van der Waals surface area contributed by atoms with Crippen LogP contribution in [0.5, 0.6) is 5.75 Å². The first kappa shape index (κ1) is 14.5. The van der Waals surface area contributed by atoms with E-state index in [1.54, 1.807) is 0 Å². The van der Waals surface area contributed by atoms with Gasteiger partial charge in [0.25, 0.3) is 0 Å². The van der Waals surface area contributed by atoms with Gasteiger partial charge in [0.15, 0.2) is 5.78 Å². The maximum absolute atomic E-state index is 12.2. The van der Waals surface area contributed by atoms with Crippen molar-refractivity contribution in [1.29, 1.82) is 0 Å². The Morgan fingerprint density at radius 1 is 1.53 bits per heavy atom. The summed E-state index contributed by atoms with van der Waals surface area (Å²) >= 11 is 3.44. The number of halogens is 1. The van der Waals surface area contributed by atoms with Crippen LogP contribution in [0.2, 0.25) is 0 Å². The average Bonchev–Trinajstić information content (AvgIpc) is 2.89. The fourth-order valence-corrected chi connectivity index (χ4v) is 2.86. The van der Waals surface area contributed by atoms with E-state index < -0.39 is 0 Å². The van der Waals surface area contributed by atoms with Crippen LogP contribution in [0.25, 0.3) is 0 Å². The Kier molecular flexibility index (Phi) is 5.40. The number of ketones is 1. The van der Waals surface area contributed by atoms with E-state index in [4.69, 9.17) is 9.47 Å². The van der Waals surface area contributed by atoms with Gasteiger partial charge in [-0.15, -0.1) is 0 Å². The Morgan fingerprint density at radius 3 is 3.00 bits per heavy atom. The molecule has 1 atom stereocenters. The Labute approximate surface area is 122 Å². The molecule has 104 valence electrons. The summed E-state index contributed by atoms with van der Waals surface area (Å²) < 4.78 is 11.7. The molecule has 0 amide bonds. The maximum Gasteiger partial charge on any atom is 0.164 e. The van der Waals surface area contributed by atoms with E-state index in [9.17, 15) is 4.79 Å². The normalized spacial score (nSPS) is 18.5. The van der Waals surface area contributed by atoms with E-state index in [0.717, 1.165) is 41.7 Å². The first-order valence-corrected chi connectivity index (χ1v) is 7.57. The van der Waals surface area contributed by atoms with Crippen molar-refractivity contribution in [2.24, 2.45) is 0 Å². The van der Waals surface area contributed by atoms with Crippen LogP contribution in [0.3, 0.4) is 0 Å². The molecule has 0 saturated carbocycles. The number of ether oxygens (including phenoxy) is 2. The minimum atomic E-state index is 0.158. The van der Waals surface area contributed by atoms with E-state index in [1.807, 2.05) is 25.1 Å². The summed E-state index contributed by atoms with van der Waals surface area (Å²) in [5, 5.41) is 0. The third kappa shape index (κ3) is 4.05. The highest BCUT2D eigenvalue weighted by atomic mass is 79.9. The topological polar surface area (TPSA) is 35.5 Å². The van der Waals surface area contributed by atoms with Crippen LogP contribution in [-0.4, -0.2) is 25.1 Å². The second kappa shape index (κ2) is 7.06. The van der Waals surface area contributed by atoms with Crippen LogP contribution in [0.15, 0.2) is 22.7 Å². The van der Waals surface area contributed by atoms with Gasteiger partial charge in [0, 0.05) is 23.1 Å². The van der Waals surface area contributed by atoms with Crippen molar-refractivity contribution in [3.8, 4) is 5.75 Å². The predicted molar refractivity (Wildman–Crippen MR) is 77.8 cm³/mol. The summed E-state index contributed by atoms with van der Waals surface area (Å²) in [6, 6.07) is 5.52. The van der Waals surface area contributed by atoms with Crippen molar-refractivity contribution >= 4 is 21.7 Å². The van der Waals surface area contributed by atoms with Gasteiger partial charge < -0.3 is 9.47 Å². The lowest BCUT2D eigenvalue weighted by molar-refractivity contribution is 0.0859. The highest BCUT2D eigenvalue weighted by Gasteiger charge is 2.18. The number of Topliss-reactive ketones (excluding diaryl/α,β-unsaturated/α-hetero) is 1. The predicted octanol–water partition coefficient (Wildman–Crippen LogP) is 3.99. The Morgan fingerprint density at radius 2 is 2.37 bits per heavy atom. The smallest absolute Gasteiger partial charge is 0.164 e. The van der Waals surface area contributed by atoms with Gasteiger partial charge in [0.05, 0.1) is 12.7 Å². The molecule has 1 aliphatic heterocycles. The second-order valence-corrected chi connectivity index (χ2v) is 5.53. The van der Waals surface area contributed by atoms with Crippen LogP contribution in [0, 0.1) is 0 Å². The lowest BCUT2D eigenvalue weighted by Crippen LogP contribution is -2.09. The molecular weight excluding hydrogens is 308 g/mol. The third-order valence-electron chi connectivity index (χ3n) is 3.27. The molecule has 0 spiro atoms. The van der Waals surface area contributed by atoms with Crippen LogP contribution < -0.4 is 4.74 Å².